The van der Waals surface area contributed by atoms with E-state index in [4.69, 9.17) is 4.74 Å². The maximum absolute atomic E-state index is 12.7. The van der Waals surface area contributed by atoms with Gasteiger partial charge in [-0.2, -0.15) is 0 Å². The maximum atomic E-state index is 12.7. The molecule has 0 atom stereocenters. The fraction of sp³-hybridized carbons (Fsp3) is 0.523. The summed E-state index contributed by atoms with van der Waals surface area (Å²) in [6.07, 6.45) is 12.9. The molecule has 284 valence electrons. The molecule has 6 nitrogen and oxygen atoms in total. The van der Waals surface area contributed by atoms with Crippen LogP contribution in [-0.2, 0) is 24.0 Å². The van der Waals surface area contributed by atoms with E-state index in [2.05, 4.69) is 66.0 Å². The predicted molar refractivity (Wildman–Crippen MR) is 219 cm³/mol. The van der Waals surface area contributed by atoms with Crippen molar-refractivity contribution in [2.75, 3.05) is 7.11 Å². The Kier molecular flexibility index (Phi) is 12.4. The van der Waals surface area contributed by atoms with Crippen LogP contribution in [0.1, 0.15) is 132 Å². The minimum Gasteiger partial charge on any atom is -0.393 e. The summed E-state index contributed by atoms with van der Waals surface area (Å²) in [4.78, 5) is 37.7. The van der Waals surface area contributed by atoms with Crippen molar-refractivity contribution in [3.05, 3.63) is 101 Å². The summed E-state index contributed by atoms with van der Waals surface area (Å²) >= 11 is 10.3. The van der Waals surface area contributed by atoms with Crippen LogP contribution >= 0.6 is 47.8 Å². The van der Waals surface area contributed by atoms with Crippen molar-refractivity contribution in [2.24, 2.45) is 16.2 Å². The van der Waals surface area contributed by atoms with Crippen LogP contribution in [0.5, 0.6) is 0 Å². The highest BCUT2D eigenvalue weighted by molar-refractivity contribution is 9.11. The molecule has 6 aliphatic rings. The first-order valence-corrected chi connectivity index (χ1v) is 21.1. The van der Waals surface area contributed by atoms with Crippen LogP contribution in [-0.4, -0.2) is 53.0 Å². The molecule has 3 aromatic carbocycles. The fourth-order valence-electron chi connectivity index (χ4n) is 9.84. The van der Waals surface area contributed by atoms with Crippen molar-refractivity contribution >= 4 is 65.1 Å². The number of carbonyl (C=O) groups is 3. The summed E-state index contributed by atoms with van der Waals surface area (Å²) in [5.41, 5.74) is 5.73. The highest BCUT2D eigenvalue weighted by Gasteiger charge is 2.49. The van der Waals surface area contributed by atoms with Crippen LogP contribution in [0, 0.1) is 16.2 Å². The smallest absolute Gasteiger partial charge is 0.169 e. The number of aliphatic hydroxyl groups excluding tert-OH is 2. The first-order chi connectivity index (χ1) is 24.9. The van der Waals surface area contributed by atoms with Gasteiger partial charge >= 0.3 is 0 Å². The average molecular weight is 916 g/mol. The lowest BCUT2D eigenvalue weighted by Gasteiger charge is -2.35. The van der Waals surface area contributed by atoms with Crippen LogP contribution in [0.2, 0.25) is 0 Å². The second-order valence-electron chi connectivity index (χ2n) is 16.2. The molecule has 3 aromatic rings. The third kappa shape index (κ3) is 8.00. The summed E-state index contributed by atoms with van der Waals surface area (Å²) in [6, 6.07) is 18.1. The monoisotopic (exact) mass is 912 g/mol. The molecular weight excluding hydrogens is 864 g/mol. The van der Waals surface area contributed by atoms with Crippen LogP contribution in [0.4, 0.5) is 0 Å². The lowest BCUT2D eigenvalue weighted by molar-refractivity contribution is 0.0285. The van der Waals surface area contributed by atoms with Gasteiger partial charge in [-0.05, 0) is 149 Å². The predicted octanol–water partition coefficient (Wildman–Crippen LogP) is 10.6. The van der Waals surface area contributed by atoms with Crippen molar-refractivity contribution < 1.29 is 29.3 Å². The van der Waals surface area contributed by atoms with Gasteiger partial charge in [-0.3, -0.25) is 14.4 Å². The molecule has 0 aliphatic heterocycles. The molecule has 0 aromatic heterocycles. The van der Waals surface area contributed by atoms with Crippen molar-refractivity contribution in [1.29, 1.82) is 0 Å². The molecule has 0 unspecified atom stereocenters. The Balaban J connectivity index is 0.000000135. The quantitative estimate of drug-likeness (QED) is 0.252. The Morgan fingerprint density at radius 1 is 0.528 bits per heavy atom. The summed E-state index contributed by atoms with van der Waals surface area (Å²) < 4.78 is 8.34. The summed E-state index contributed by atoms with van der Waals surface area (Å²) in [6.45, 7) is 0. The van der Waals surface area contributed by atoms with Gasteiger partial charge in [-0.1, -0.05) is 73.4 Å². The Morgan fingerprint density at radius 3 is 1.09 bits per heavy atom. The second-order valence-corrected chi connectivity index (χ2v) is 18.9. The molecule has 0 heterocycles. The molecule has 53 heavy (non-hydrogen) atoms. The minimum atomic E-state index is -0.206. The van der Waals surface area contributed by atoms with Gasteiger partial charge in [0.2, 0.25) is 0 Å². The lowest BCUT2D eigenvalue weighted by atomic mass is 9.70. The van der Waals surface area contributed by atoms with E-state index >= 15 is 0 Å². The average Bonchev–Trinajstić information content (AvgIpc) is 3.68. The minimum absolute atomic E-state index is 0. The molecule has 0 bridgehead atoms. The number of Topliss-reactive ketones (excluding diaryl/α,β-unsaturated/α-hetero) is 3. The maximum Gasteiger partial charge on any atom is 0.169 e. The summed E-state index contributed by atoms with van der Waals surface area (Å²) in [7, 11) is 1.77. The van der Waals surface area contributed by atoms with Crippen LogP contribution < -0.4 is 0 Å². The SMILES string of the molecule is C.COC1CCC2(CC1)Cc1ccc(Br)cc1C2=O.O=C1c2cc(Br)ccc2CC12CCC(O)CC2.O=C1c2cc(Br)ccc2CC12CCC(O)CC2. The van der Waals surface area contributed by atoms with Gasteiger partial charge in [-0.15, -0.1) is 0 Å². The van der Waals surface area contributed by atoms with Gasteiger partial charge in [-0.25, -0.2) is 0 Å². The number of benzene rings is 3. The Labute approximate surface area is 339 Å². The van der Waals surface area contributed by atoms with Crippen LogP contribution in [0.3, 0.4) is 0 Å². The molecule has 9 rings (SSSR count). The van der Waals surface area contributed by atoms with E-state index in [1.165, 1.54) is 16.7 Å². The Morgan fingerprint density at radius 2 is 0.811 bits per heavy atom. The third-order valence-electron chi connectivity index (χ3n) is 13.0. The topological polar surface area (TPSA) is 101 Å². The highest BCUT2D eigenvalue weighted by atomic mass is 79.9. The normalized spacial score (nSPS) is 30.9. The zero-order valence-electron chi connectivity index (χ0n) is 29.7. The molecule has 0 amide bonds. The van der Waals surface area contributed by atoms with Gasteiger partial charge in [0.05, 0.1) is 18.3 Å². The van der Waals surface area contributed by atoms with E-state index < -0.39 is 0 Å². The second kappa shape index (κ2) is 16.2. The first-order valence-electron chi connectivity index (χ1n) is 18.7. The van der Waals surface area contributed by atoms with Crippen molar-refractivity contribution in [1.82, 2.24) is 0 Å². The van der Waals surface area contributed by atoms with Crippen molar-refractivity contribution in [3.63, 3.8) is 0 Å². The van der Waals surface area contributed by atoms with E-state index in [0.717, 1.165) is 126 Å². The summed E-state index contributed by atoms with van der Waals surface area (Å²) in [5.74, 6) is 0.940. The van der Waals surface area contributed by atoms with E-state index in [9.17, 15) is 24.6 Å². The fourth-order valence-corrected chi connectivity index (χ4v) is 10.9. The number of ether oxygens (including phenoxy) is 1. The zero-order valence-corrected chi connectivity index (χ0v) is 34.5. The number of rotatable bonds is 1. The van der Waals surface area contributed by atoms with Crippen molar-refractivity contribution in [2.45, 2.75) is 122 Å². The Hall–Kier alpha value is -2.01. The first kappa shape index (κ1) is 40.6. The van der Waals surface area contributed by atoms with Gasteiger partial charge in [0.25, 0.3) is 0 Å². The summed E-state index contributed by atoms with van der Waals surface area (Å²) in [5, 5.41) is 19.2. The molecule has 6 aliphatic carbocycles. The number of ketones is 3. The van der Waals surface area contributed by atoms with Gasteiger partial charge < -0.3 is 14.9 Å². The molecule has 2 N–H and O–H groups in total. The van der Waals surface area contributed by atoms with Gasteiger partial charge in [0.1, 0.15) is 0 Å². The molecule has 9 heteroatoms. The zero-order chi connectivity index (χ0) is 36.8. The number of hydrogen-bond donors (Lipinski definition) is 2. The van der Waals surface area contributed by atoms with Gasteiger partial charge in [0, 0.05) is 53.5 Å². The van der Waals surface area contributed by atoms with E-state index in [-0.39, 0.29) is 35.9 Å². The van der Waals surface area contributed by atoms with Crippen LogP contribution in [0.15, 0.2) is 68.0 Å². The van der Waals surface area contributed by atoms with E-state index in [0.29, 0.717) is 23.5 Å². The highest BCUT2D eigenvalue weighted by Crippen LogP contribution is 2.50. The van der Waals surface area contributed by atoms with E-state index in [1.54, 1.807) is 7.11 Å². The largest absolute Gasteiger partial charge is 0.393 e. The molecule has 0 saturated heterocycles. The van der Waals surface area contributed by atoms with Gasteiger partial charge in [0.15, 0.2) is 17.3 Å². The molecule has 3 spiro atoms. The number of hydrogen-bond acceptors (Lipinski definition) is 6. The number of halogens is 3. The lowest BCUT2D eigenvalue weighted by Crippen LogP contribution is -2.35. The van der Waals surface area contributed by atoms with Crippen LogP contribution in [0.25, 0.3) is 0 Å². The standard InChI is InChI=1S/C15H17BrO2.2C14H15BrO2.CH4/c1-18-12-4-6-15(7-5-12)9-10-2-3-11(16)8-13(10)14(15)17;2*15-10-2-1-9-8-14(13(17)12(9)7-10)5-3-11(16)4-6-14;/h2-3,8,12H,4-7,9H2,1H3;2*1-2,7,11,16H,3-6,8H2;1H4. The molecule has 0 radical (unpaired) electrons. The Bertz CT molecular complexity index is 1770. The van der Waals surface area contributed by atoms with Crippen molar-refractivity contribution in [3.8, 4) is 0 Å². The number of methoxy groups -OCH3 is 1. The number of fused-ring (bicyclic) bond motifs is 3. The van der Waals surface area contributed by atoms with E-state index in [1.807, 2.05) is 36.4 Å². The molecule has 3 saturated carbocycles. The number of carbonyl (C=O) groups excluding carboxylic acids is 3. The molecule has 3 fully saturated rings. The molecular formula is C44H51Br3O6. The third-order valence-corrected chi connectivity index (χ3v) is 14.5. The number of aliphatic hydroxyl groups is 2.